The van der Waals surface area contributed by atoms with Gasteiger partial charge in [0, 0.05) is 6.92 Å². The second-order valence-electron chi connectivity index (χ2n) is 1.01. The fourth-order valence-electron chi connectivity index (χ4n) is 0. The summed E-state index contributed by atoms with van der Waals surface area (Å²) in [5.41, 5.74) is 0. The predicted molar refractivity (Wildman–Crippen MR) is 21.6 cm³/mol. The van der Waals surface area contributed by atoms with Gasteiger partial charge in [-0.2, -0.15) is 8.78 Å². The van der Waals surface area contributed by atoms with Gasteiger partial charge in [0.05, 0.1) is 0 Å². The van der Waals surface area contributed by atoms with Gasteiger partial charge in [-0.3, -0.25) is 0 Å². The Bertz CT molecular complexity index is 41.3. The van der Waals surface area contributed by atoms with Crippen LogP contribution in [-0.2, 0) is 4.43 Å². The molecule has 0 aromatic rings. The minimum Gasteiger partial charge on any atom is -0.374 e. The second-order valence-corrected chi connectivity index (χ2v) is 1.42. The Morgan fingerprint density at radius 1 is 1.67 bits per heavy atom. The summed E-state index contributed by atoms with van der Waals surface area (Å²) in [5, 5.41) is 0. The molecule has 0 bridgehead atoms. The standard InChI is InChI=1S/C2H6F2OSi/c1-2(3,4)5-6/h1,6H3. The van der Waals surface area contributed by atoms with Gasteiger partial charge in [0.2, 0.25) is 0 Å². The van der Waals surface area contributed by atoms with Gasteiger partial charge >= 0.3 is 6.11 Å². The molecular formula is C2H6F2OSi. The molecule has 0 radical (unpaired) electrons. The third kappa shape index (κ3) is 4.04. The summed E-state index contributed by atoms with van der Waals surface area (Å²) in [6, 6.07) is 0. The molecule has 0 N–H and O–H groups in total. The maximum absolute atomic E-state index is 11.3. The minimum absolute atomic E-state index is 0.0980. The van der Waals surface area contributed by atoms with Crippen LogP contribution < -0.4 is 0 Å². The first-order valence-electron chi connectivity index (χ1n) is 1.49. The monoisotopic (exact) mass is 112 g/mol. The second kappa shape index (κ2) is 1.66. The van der Waals surface area contributed by atoms with Gasteiger partial charge in [-0.05, 0) is 0 Å². The SMILES string of the molecule is CC(F)(F)O[SiH3]. The maximum Gasteiger partial charge on any atom is 0.343 e. The molecule has 0 unspecified atom stereocenters. The Morgan fingerprint density at radius 3 is 1.83 bits per heavy atom. The summed E-state index contributed by atoms with van der Waals surface area (Å²) in [4.78, 5) is 0. The first-order chi connectivity index (χ1) is 2.56. The van der Waals surface area contributed by atoms with Gasteiger partial charge in [-0.15, -0.1) is 0 Å². The molecule has 6 heavy (non-hydrogen) atoms. The van der Waals surface area contributed by atoms with Crippen molar-refractivity contribution < 1.29 is 13.2 Å². The molecule has 0 amide bonds. The molecule has 0 aromatic heterocycles. The Morgan fingerprint density at radius 2 is 1.83 bits per heavy atom. The Kier molecular flexibility index (Phi) is 1.67. The fraction of sp³-hybridized carbons (Fsp3) is 1.00. The first-order valence-corrected chi connectivity index (χ1v) is 2.31. The molecule has 0 spiro atoms. The molecule has 38 valence electrons. The van der Waals surface area contributed by atoms with Gasteiger partial charge in [0.25, 0.3) is 0 Å². The lowest BCUT2D eigenvalue weighted by molar-refractivity contribution is -0.156. The number of hydrogen-bond donors (Lipinski definition) is 0. The van der Waals surface area contributed by atoms with Crippen molar-refractivity contribution in [1.29, 1.82) is 0 Å². The van der Waals surface area contributed by atoms with Crippen LogP contribution in [0.15, 0.2) is 0 Å². The van der Waals surface area contributed by atoms with E-state index in [9.17, 15) is 8.78 Å². The van der Waals surface area contributed by atoms with Crippen molar-refractivity contribution in [1.82, 2.24) is 0 Å². The van der Waals surface area contributed by atoms with Crippen molar-refractivity contribution in [2.75, 3.05) is 0 Å². The van der Waals surface area contributed by atoms with Gasteiger partial charge < -0.3 is 4.43 Å². The number of halogens is 2. The molecule has 0 rings (SSSR count). The average Bonchev–Trinajstić information content (AvgIpc) is 1.35. The van der Waals surface area contributed by atoms with Crippen LogP contribution >= 0.6 is 0 Å². The zero-order valence-corrected chi connectivity index (χ0v) is 5.66. The quantitative estimate of drug-likeness (QED) is 0.430. The van der Waals surface area contributed by atoms with Gasteiger partial charge in [-0.1, -0.05) is 0 Å². The van der Waals surface area contributed by atoms with Gasteiger partial charge in [0.15, 0.2) is 10.5 Å². The summed E-state index contributed by atoms with van der Waals surface area (Å²) in [7, 11) is 0.0980. The van der Waals surface area contributed by atoms with Crippen molar-refractivity contribution in [3.8, 4) is 0 Å². The summed E-state index contributed by atoms with van der Waals surface area (Å²) in [6.45, 7) is 0.722. The molecule has 0 saturated carbocycles. The van der Waals surface area contributed by atoms with Crippen LogP contribution in [0.4, 0.5) is 8.78 Å². The van der Waals surface area contributed by atoms with E-state index in [0.29, 0.717) is 0 Å². The number of alkyl halides is 2. The highest BCUT2D eigenvalue weighted by Gasteiger charge is 2.16. The smallest absolute Gasteiger partial charge is 0.343 e. The number of hydrogen-bond acceptors (Lipinski definition) is 1. The van der Waals surface area contributed by atoms with Crippen molar-refractivity contribution in [2.45, 2.75) is 13.0 Å². The van der Waals surface area contributed by atoms with E-state index in [1.807, 2.05) is 0 Å². The lowest BCUT2D eigenvalue weighted by atomic mass is 10.8. The van der Waals surface area contributed by atoms with E-state index in [4.69, 9.17) is 0 Å². The molecule has 0 heterocycles. The zero-order chi connectivity index (χ0) is 5.21. The van der Waals surface area contributed by atoms with Crippen LogP contribution in [-0.4, -0.2) is 16.6 Å². The molecule has 0 fully saturated rings. The van der Waals surface area contributed by atoms with Crippen molar-refractivity contribution >= 4 is 10.5 Å². The van der Waals surface area contributed by atoms with E-state index in [0.717, 1.165) is 6.92 Å². The lowest BCUT2D eigenvalue weighted by Gasteiger charge is -2.04. The molecule has 0 aliphatic carbocycles. The van der Waals surface area contributed by atoms with Crippen molar-refractivity contribution in [3.63, 3.8) is 0 Å². The predicted octanol–water partition coefficient (Wildman–Crippen LogP) is -0.104. The lowest BCUT2D eigenvalue weighted by Crippen LogP contribution is -2.11. The van der Waals surface area contributed by atoms with Gasteiger partial charge in [-0.25, -0.2) is 0 Å². The van der Waals surface area contributed by atoms with Gasteiger partial charge in [0.1, 0.15) is 0 Å². The Hall–Kier alpha value is 0.0369. The van der Waals surface area contributed by atoms with E-state index in [2.05, 4.69) is 4.43 Å². The van der Waals surface area contributed by atoms with Crippen LogP contribution in [0.3, 0.4) is 0 Å². The summed E-state index contributed by atoms with van der Waals surface area (Å²) < 4.78 is 26.3. The normalized spacial score (nSPS) is 12.5. The third-order valence-electron chi connectivity index (χ3n) is 0.358. The molecule has 0 saturated heterocycles. The van der Waals surface area contributed by atoms with Crippen LogP contribution in [0.25, 0.3) is 0 Å². The van der Waals surface area contributed by atoms with E-state index < -0.39 is 6.11 Å². The number of rotatable bonds is 1. The minimum atomic E-state index is -2.90. The highest BCUT2D eigenvalue weighted by atomic mass is 28.2. The maximum atomic E-state index is 11.3. The third-order valence-corrected chi connectivity index (χ3v) is 1.08. The van der Waals surface area contributed by atoms with E-state index in [1.54, 1.807) is 0 Å². The van der Waals surface area contributed by atoms with Crippen molar-refractivity contribution in [3.05, 3.63) is 0 Å². The zero-order valence-electron chi connectivity index (χ0n) is 3.66. The summed E-state index contributed by atoms with van der Waals surface area (Å²) >= 11 is 0. The molecule has 0 atom stereocenters. The average molecular weight is 112 g/mol. The highest BCUT2D eigenvalue weighted by Crippen LogP contribution is 2.09. The highest BCUT2D eigenvalue weighted by molar-refractivity contribution is 5.98. The summed E-state index contributed by atoms with van der Waals surface area (Å²) in [5.74, 6) is 0. The molecule has 1 nitrogen and oxygen atoms in total. The molecule has 0 aromatic carbocycles. The molecule has 4 heteroatoms. The fourth-order valence-corrected chi connectivity index (χ4v) is 0. The van der Waals surface area contributed by atoms with Crippen molar-refractivity contribution in [2.24, 2.45) is 0 Å². The van der Waals surface area contributed by atoms with Crippen LogP contribution in [0.2, 0.25) is 0 Å². The van der Waals surface area contributed by atoms with E-state index >= 15 is 0 Å². The molecule has 0 aliphatic heterocycles. The van der Waals surface area contributed by atoms with Crippen LogP contribution in [0, 0.1) is 0 Å². The molecule has 0 aliphatic rings. The van der Waals surface area contributed by atoms with Crippen LogP contribution in [0.5, 0.6) is 0 Å². The van der Waals surface area contributed by atoms with E-state index in [-0.39, 0.29) is 10.5 Å². The Labute approximate surface area is 37.8 Å². The first kappa shape index (κ1) is 6.04. The van der Waals surface area contributed by atoms with E-state index in [1.165, 1.54) is 0 Å². The topological polar surface area (TPSA) is 9.23 Å². The Balaban J connectivity index is 3.17. The largest absolute Gasteiger partial charge is 0.374 e. The molecular weight excluding hydrogens is 106 g/mol. The summed E-state index contributed by atoms with van der Waals surface area (Å²) in [6.07, 6.45) is -2.90. The van der Waals surface area contributed by atoms with Crippen LogP contribution in [0.1, 0.15) is 6.92 Å².